The fourth-order valence-electron chi connectivity index (χ4n) is 3.02. The number of pyridine rings is 1. The van der Waals surface area contributed by atoms with Crippen LogP contribution >= 0.6 is 0 Å². The topological polar surface area (TPSA) is 164 Å². The van der Waals surface area contributed by atoms with Crippen molar-refractivity contribution in [3.8, 4) is 5.88 Å². The van der Waals surface area contributed by atoms with Crippen molar-refractivity contribution < 1.29 is 14.3 Å². The van der Waals surface area contributed by atoms with E-state index in [1.54, 1.807) is 45.5 Å². The third-order valence-corrected chi connectivity index (χ3v) is 4.65. The van der Waals surface area contributed by atoms with E-state index in [0.29, 0.717) is 41.8 Å². The Morgan fingerprint density at radius 1 is 1.27 bits per heavy atom. The summed E-state index contributed by atoms with van der Waals surface area (Å²) >= 11 is 0. The number of aliphatic imine (C=N–C) groups is 1. The second kappa shape index (κ2) is 8.82. The van der Waals surface area contributed by atoms with Gasteiger partial charge in [0.15, 0.2) is 5.82 Å². The number of carbonyl (C=O) groups is 1. The monoisotopic (exact) mass is 412 g/mol. The molecule has 0 aromatic carbocycles. The summed E-state index contributed by atoms with van der Waals surface area (Å²) in [6.07, 6.45) is 3.70. The molecule has 1 aliphatic rings. The van der Waals surface area contributed by atoms with E-state index < -0.39 is 11.3 Å². The van der Waals surface area contributed by atoms with E-state index in [4.69, 9.17) is 20.9 Å². The molecule has 3 rings (SSSR count). The van der Waals surface area contributed by atoms with Crippen LogP contribution in [0.4, 0.5) is 11.6 Å². The Bertz CT molecular complexity index is 970. The minimum Gasteiger partial charge on any atom is -0.481 e. The highest BCUT2D eigenvalue weighted by Crippen LogP contribution is 2.33. The molecule has 2 aromatic heterocycles. The molecule has 3 heterocycles. The van der Waals surface area contributed by atoms with Crippen LogP contribution < -0.4 is 21.5 Å². The van der Waals surface area contributed by atoms with Gasteiger partial charge in [-0.25, -0.2) is 9.97 Å². The number of nitrogens with zero attached hydrogens (tertiary/aromatic N) is 5. The van der Waals surface area contributed by atoms with Crippen molar-refractivity contribution in [2.75, 3.05) is 38.4 Å². The van der Waals surface area contributed by atoms with Gasteiger partial charge in [-0.3, -0.25) is 9.79 Å². The van der Waals surface area contributed by atoms with Gasteiger partial charge in [-0.1, -0.05) is 6.08 Å². The standard InChI is InChI=1S/C19H24N8O3/c1-11-24-16(27-18(21)25-11)13-8-19(17(20)28,6-7-29-2)10-23-15(13)26-12-4-5-14(30-3)22-9-12/h4-5,8-9H,6-7,10H2,1-3H3,(H2,20,28)(H,23,26)(H2,21,24,25,27). The number of ether oxygens (including phenoxy) is 2. The van der Waals surface area contributed by atoms with Crippen molar-refractivity contribution in [3.63, 3.8) is 0 Å². The van der Waals surface area contributed by atoms with Gasteiger partial charge in [0.05, 0.1) is 36.5 Å². The first-order valence-electron chi connectivity index (χ1n) is 9.19. The van der Waals surface area contributed by atoms with Crippen LogP contribution in [-0.4, -0.2) is 59.0 Å². The van der Waals surface area contributed by atoms with Crippen LogP contribution in [0.2, 0.25) is 0 Å². The van der Waals surface area contributed by atoms with Gasteiger partial charge in [-0.2, -0.15) is 9.97 Å². The second-order valence-electron chi connectivity index (χ2n) is 6.76. The van der Waals surface area contributed by atoms with E-state index in [2.05, 4.69) is 30.2 Å². The number of carbonyl (C=O) groups excluding carboxylic acids is 1. The molecule has 30 heavy (non-hydrogen) atoms. The average Bonchev–Trinajstić information content (AvgIpc) is 2.72. The van der Waals surface area contributed by atoms with E-state index in [1.807, 2.05) is 0 Å². The van der Waals surface area contributed by atoms with Crippen LogP contribution in [0.5, 0.6) is 5.88 Å². The summed E-state index contributed by atoms with van der Waals surface area (Å²) in [6, 6.07) is 3.51. The number of nitrogen functional groups attached to an aromatic ring is 1. The largest absolute Gasteiger partial charge is 0.481 e. The molecule has 1 aliphatic heterocycles. The third kappa shape index (κ3) is 4.51. The van der Waals surface area contributed by atoms with Gasteiger partial charge in [0.1, 0.15) is 11.7 Å². The highest BCUT2D eigenvalue weighted by molar-refractivity contribution is 6.28. The summed E-state index contributed by atoms with van der Waals surface area (Å²) in [4.78, 5) is 33.7. The maximum atomic E-state index is 12.4. The number of primary amides is 1. The SMILES string of the molecule is COCCC1(C(N)=O)C=C(c2nc(C)nc(N)n2)C(Nc2ccc(OC)nc2)=NC1. The lowest BCUT2D eigenvalue weighted by Gasteiger charge is -2.30. The molecule has 158 valence electrons. The van der Waals surface area contributed by atoms with Gasteiger partial charge in [0.2, 0.25) is 17.7 Å². The van der Waals surface area contributed by atoms with E-state index in [9.17, 15) is 4.79 Å². The van der Waals surface area contributed by atoms with Gasteiger partial charge >= 0.3 is 0 Å². The lowest BCUT2D eigenvalue weighted by Crippen LogP contribution is -2.42. The molecule has 1 unspecified atom stereocenters. The number of hydrogen-bond acceptors (Lipinski definition) is 10. The molecular weight excluding hydrogens is 388 g/mol. The lowest BCUT2D eigenvalue weighted by atomic mass is 9.80. The van der Waals surface area contributed by atoms with Gasteiger partial charge in [-0.05, 0) is 19.4 Å². The Morgan fingerprint density at radius 2 is 2.07 bits per heavy atom. The summed E-state index contributed by atoms with van der Waals surface area (Å²) in [6.45, 7) is 2.20. The Morgan fingerprint density at radius 3 is 2.67 bits per heavy atom. The Hall–Kier alpha value is -3.60. The molecule has 0 spiro atoms. The zero-order chi connectivity index (χ0) is 21.7. The number of hydrogen-bond donors (Lipinski definition) is 3. The molecule has 5 N–H and O–H groups in total. The molecule has 2 aromatic rings. The summed E-state index contributed by atoms with van der Waals surface area (Å²) in [7, 11) is 3.10. The Labute approximate surface area is 173 Å². The number of anilines is 2. The number of amidine groups is 1. The third-order valence-electron chi connectivity index (χ3n) is 4.65. The van der Waals surface area contributed by atoms with Crippen molar-refractivity contribution in [2.45, 2.75) is 13.3 Å². The molecule has 11 nitrogen and oxygen atoms in total. The summed E-state index contributed by atoms with van der Waals surface area (Å²) < 4.78 is 10.2. The Balaban J connectivity index is 2.04. The molecule has 0 saturated carbocycles. The van der Waals surface area contributed by atoms with Gasteiger partial charge < -0.3 is 26.3 Å². The predicted octanol–water partition coefficient (Wildman–Crippen LogP) is 0.582. The van der Waals surface area contributed by atoms with Crippen LogP contribution in [0.25, 0.3) is 5.57 Å². The van der Waals surface area contributed by atoms with E-state index in [0.717, 1.165) is 0 Å². The maximum Gasteiger partial charge on any atom is 0.229 e. The van der Waals surface area contributed by atoms with Crippen molar-refractivity contribution in [1.82, 2.24) is 19.9 Å². The molecule has 11 heteroatoms. The van der Waals surface area contributed by atoms with Crippen molar-refractivity contribution in [1.29, 1.82) is 0 Å². The normalized spacial score (nSPS) is 18.4. The summed E-state index contributed by atoms with van der Waals surface area (Å²) in [5.41, 5.74) is 11.7. The summed E-state index contributed by atoms with van der Waals surface area (Å²) in [5, 5.41) is 3.19. The molecule has 1 amide bonds. The lowest BCUT2D eigenvalue weighted by molar-refractivity contribution is -0.125. The molecular formula is C19H24N8O3. The number of aryl methyl sites for hydroxylation is 1. The van der Waals surface area contributed by atoms with E-state index >= 15 is 0 Å². The zero-order valence-electron chi connectivity index (χ0n) is 17.0. The number of methoxy groups -OCH3 is 2. The van der Waals surface area contributed by atoms with E-state index in [-0.39, 0.29) is 18.3 Å². The minimum atomic E-state index is -1.04. The van der Waals surface area contributed by atoms with Crippen LogP contribution in [0.3, 0.4) is 0 Å². The smallest absolute Gasteiger partial charge is 0.229 e. The molecule has 0 radical (unpaired) electrons. The van der Waals surface area contributed by atoms with Gasteiger partial charge in [0, 0.05) is 19.8 Å². The fourth-order valence-corrected chi connectivity index (χ4v) is 3.02. The van der Waals surface area contributed by atoms with Crippen LogP contribution in [0, 0.1) is 12.3 Å². The second-order valence-corrected chi connectivity index (χ2v) is 6.76. The highest BCUT2D eigenvalue weighted by atomic mass is 16.5. The number of rotatable bonds is 7. The first kappa shape index (κ1) is 21.1. The molecule has 0 bridgehead atoms. The van der Waals surface area contributed by atoms with Gasteiger partial charge in [0.25, 0.3) is 0 Å². The fraction of sp³-hybridized carbons (Fsp3) is 0.368. The first-order valence-corrected chi connectivity index (χ1v) is 9.19. The molecule has 1 atom stereocenters. The number of aromatic nitrogens is 4. The van der Waals surface area contributed by atoms with Crippen molar-refractivity contribution in [3.05, 3.63) is 36.1 Å². The number of nitrogens with two attached hydrogens (primary N) is 2. The molecule has 0 aliphatic carbocycles. The first-order chi connectivity index (χ1) is 14.4. The quantitative estimate of drug-likeness (QED) is 0.590. The predicted molar refractivity (Wildman–Crippen MR) is 112 cm³/mol. The molecule has 0 fully saturated rings. The van der Waals surface area contributed by atoms with Crippen molar-refractivity contribution in [2.24, 2.45) is 16.1 Å². The van der Waals surface area contributed by atoms with E-state index in [1.165, 1.54) is 0 Å². The number of amides is 1. The molecule has 0 saturated heterocycles. The average molecular weight is 412 g/mol. The van der Waals surface area contributed by atoms with Crippen molar-refractivity contribution >= 4 is 29.0 Å². The highest BCUT2D eigenvalue weighted by Gasteiger charge is 2.39. The van der Waals surface area contributed by atoms with Gasteiger partial charge in [-0.15, -0.1) is 0 Å². The summed E-state index contributed by atoms with van der Waals surface area (Å²) in [5.74, 6) is 1.23. The zero-order valence-corrected chi connectivity index (χ0v) is 17.0. The number of nitrogens with one attached hydrogen (secondary N) is 1. The maximum absolute atomic E-state index is 12.4. The van der Waals surface area contributed by atoms with Crippen LogP contribution in [0.1, 0.15) is 18.1 Å². The van der Waals surface area contributed by atoms with Crippen LogP contribution in [-0.2, 0) is 9.53 Å². The van der Waals surface area contributed by atoms with Crippen LogP contribution in [0.15, 0.2) is 29.4 Å². The Kier molecular flexibility index (Phi) is 6.21. The minimum absolute atomic E-state index is 0.0657. The number of dihydropyridines is 1.